The average molecular weight is 260 g/mol. The van der Waals surface area contributed by atoms with Gasteiger partial charge in [0, 0.05) is 26.3 Å². The molecule has 1 N–H and O–H groups in total. The van der Waals surface area contributed by atoms with E-state index in [1.807, 2.05) is 4.90 Å². The second-order valence-electron chi connectivity index (χ2n) is 4.29. The van der Waals surface area contributed by atoms with Gasteiger partial charge in [-0.05, 0) is 18.9 Å². The maximum Gasteiger partial charge on any atom is 0.391 e. The highest BCUT2D eigenvalue weighted by Gasteiger charge is 2.41. The Morgan fingerprint density at radius 1 is 1.33 bits per heavy atom. The number of nitrogens with zero attached hydrogens (tertiary/aromatic N) is 3. The van der Waals surface area contributed by atoms with Crippen molar-refractivity contribution < 1.29 is 13.2 Å². The zero-order valence-corrected chi connectivity index (χ0v) is 10.0. The first-order valence-corrected chi connectivity index (χ1v) is 5.83. The van der Waals surface area contributed by atoms with Gasteiger partial charge in [0.15, 0.2) is 0 Å². The predicted molar refractivity (Wildman–Crippen MR) is 62.6 cm³/mol. The highest BCUT2D eigenvalue weighted by molar-refractivity contribution is 5.42. The molecule has 1 aromatic rings. The molecule has 2 rings (SSSR count). The van der Waals surface area contributed by atoms with Crippen LogP contribution in [-0.2, 0) is 0 Å². The maximum absolute atomic E-state index is 12.5. The summed E-state index contributed by atoms with van der Waals surface area (Å²) in [5.41, 5.74) is 0. The van der Waals surface area contributed by atoms with Crippen molar-refractivity contribution in [1.29, 1.82) is 0 Å². The van der Waals surface area contributed by atoms with Crippen LogP contribution < -0.4 is 10.2 Å². The van der Waals surface area contributed by atoms with Crippen LogP contribution >= 0.6 is 0 Å². The normalized spacial score (nSPS) is 17.9. The third-order valence-electron chi connectivity index (χ3n) is 3.15. The van der Waals surface area contributed by atoms with Crippen molar-refractivity contribution in [2.75, 3.05) is 30.4 Å². The van der Waals surface area contributed by atoms with E-state index in [1.54, 1.807) is 19.3 Å². The lowest BCUT2D eigenvalue weighted by molar-refractivity contribution is -0.179. The number of hydrogen-bond acceptors (Lipinski definition) is 4. The fourth-order valence-corrected chi connectivity index (χ4v) is 2.08. The van der Waals surface area contributed by atoms with Gasteiger partial charge in [-0.1, -0.05) is 0 Å². The van der Waals surface area contributed by atoms with Gasteiger partial charge >= 0.3 is 6.18 Å². The van der Waals surface area contributed by atoms with Crippen LogP contribution in [0.1, 0.15) is 12.8 Å². The van der Waals surface area contributed by atoms with Gasteiger partial charge < -0.3 is 10.2 Å². The minimum Gasteiger partial charge on any atom is -0.357 e. The first-order valence-electron chi connectivity index (χ1n) is 5.83. The van der Waals surface area contributed by atoms with Gasteiger partial charge in [-0.3, -0.25) is 0 Å². The number of piperidine rings is 1. The van der Waals surface area contributed by atoms with Crippen molar-refractivity contribution in [3.63, 3.8) is 0 Å². The number of halogens is 3. The molecular formula is C11H15F3N4. The maximum atomic E-state index is 12.5. The van der Waals surface area contributed by atoms with Crippen LogP contribution in [0, 0.1) is 5.92 Å². The van der Waals surface area contributed by atoms with Crippen molar-refractivity contribution in [3.8, 4) is 0 Å². The molecule has 0 bridgehead atoms. The molecule has 7 heteroatoms. The number of anilines is 2. The molecule has 0 spiro atoms. The van der Waals surface area contributed by atoms with E-state index in [0.29, 0.717) is 24.9 Å². The van der Waals surface area contributed by atoms with E-state index < -0.39 is 12.1 Å². The standard InChI is InChI=1S/C11H15F3N4/c1-15-10-16-5-2-9(17-10)18-6-3-8(4-7-18)11(12,13)14/h2,5,8H,3-4,6-7H2,1H3,(H,15,16,17). The van der Waals surface area contributed by atoms with Crippen molar-refractivity contribution in [2.45, 2.75) is 19.0 Å². The molecule has 18 heavy (non-hydrogen) atoms. The van der Waals surface area contributed by atoms with E-state index in [1.165, 1.54) is 0 Å². The zero-order chi connectivity index (χ0) is 13.2. The lowest BCUT2D eigenvalue weighted by atomic mass is 9.96. The third kappa shape index (κ3) is 2.83. The Morgan fingerprint density at radius 2 is 2.00 bits per heavy atom. The molecule has 1 aliphatic heterocycles. The molecule has 1 saturated heterocycles. The summed E-state index contributed by atoms with van der Waals surface area (Å²) in [5, 5.41) is 2.81. The van der Waals surface area contributed by atoms with Crippen LogP contribution in [0.15, 0.2) is 12.3 Å². The van der Waals surface area contributed by atoms with Crippen LogP contribution in [-0.4, -0.2) is 36.3 Å². The average Bonchev–Trinajstić information content (AvgIpc) is 2.38. The molecule has 4 nitrogen and oxygen atoms in total. The van der Waals surface area contributed by atoms with Gasteiger partial charge in [-0.15, -0.1) is 0 Å². The van der Waals surface area contributed by atoms with Gasteiger partial charge in [0.1, 0.15) is 5.82 Å². The molecule has 0 radical (unpaired) electrons. The Hall–Kier alpha value is -1.53. The first-order chi connectivity index (χ1) is 8.50. The highest BCUT2D eigenvalue weighted by atomic mass is 19.4. The van der Waals surface area contributed by atoms with Crippen LogP contribution in [0.25, 0.3) is 0 Å². The Bertz CT molecular complexity index is 400. The Kier molecular flexibility index (Phi) is 3.58. The number of rotatable bonds is 2. The SMILES string of the molecule is CNc1nccc(N2CCC(C(F)(F)F)CC2)n1. The molecule has 0 unspecified atom stereocenters. The fourth-order valence-electron chi connectivity index (χ4n) is 2.08. The molecule has 0 aromatic carbocycles. The molecule has 1 aromatic heterocycles. The van der Waals surface area contributed by atoms with Crippen molar-refractivity contribution in [1.82, 2.24) is 9.97 Å². The summed E-state index contributed by atoms with van der Waals surface area (Å²) < 4.78 is 37.6. The second kappa shape index (κ2) is 4.99. The molecule has 0 amide bonds. The summed E-state index contributed by atoms with van der Waals surface area (Å²) in [4.78, 5) is 10.1. The number of hydrogen-bond donors (Lipinski definition) is 1. The first kappa shape index (κ1) is 12.9. The summed E-state index contributed by atoms with van der Waals surface area (Å²) in [6.07, 6.45) is -2.22. The highest BCUT2D eigenvalue weighted by Crippen LogP contribution is 2.34. The van der Waals surface area contributed by atoms with Crippen LogP contribution in [0.4, 0.5) is 24.9 Å². The fraction of sp³-hybridized carbons (Fsp3) is 0.636. The van der Waals surface area contributed by atoms with Crippen LogP contribution in [0.3, 0.4) is 0 Å². The van der Waals surface area contributed by atoms with Crippen LogP contribution in [0.5, 0.6) is 0 Å². The van der Waals surface area contributed by atoms with E-state index in [4.69, 9.17) is 0 Å². The minimum atomic E-state index is -4.08. The van der Waals surface area contributed by atoms with Gasteiger partial charge in [-0.2, -0.15) is 18.2 Å². The quantitative estimate of drug-likeness (QED) is 0.885. The summed E-state index contributed by atoms with van der Waals surface area (Å²) >= 11 is 0. The second-order valence-corrected chi connectivity index (χ2v) is 4.29. The van der Waals surface area contributed by atoms with Gasteiger partial charge in [-0.25, -0.2) is 4.98 Å². The van der Waals surface area contributed by atoms with E-state index >= 15 is 0 Å². The summed E-state index contributed by atoms with van der Waals surface area (Å²) in [6, 6.07) is 1.72. The molecule has 1 aliphatic rings. The molecule has 0 saturated carbocycles. The van der Waals surface area contributed by atoms with Crippen molar-refractivity contribution in [2.24, 2.45) is 5.92 Å². The molecule has 100 valence electrons. The third-order valence-corrected chi connectivity index (χ3v) is 3.15. The van der Waals surface area contributed by atoms with Crippen LogP contribution in [0.2, 0.25) is 0 Å². The predicted octanol–water partition coefficient (Wildman–Crippen LogP) is 2.30. The smallest absolute Gasteiger partial charge is 0.357 e. The lowest BCUT2D eigenvalue weighted by Gasteiger charge is -2.33. The minimum absolute atomic E-state index is 0.127. The van der Waals surface area contributed by atoms with Gasteiger partial charge in [0.05, 0.1) is 5.92 Å². The van der Waals surface area contributed by atoms with E-state index in [-0.39, 0.29) is 12.8 Å². The largest absolute Gasteiger partial charge is 0.391 e. The number of alkyl halides is 3. The van der Waals surface area contributed by atoms with E-state index in [2.05, 4.69) is 15.3 Å². The summed E-state index contributed by atoms with van der Waals surface area (Å²) in [6.45, 7) is 0.759. The summed E-state index contributed by atoms with van der Waals surface area (Å²) in [7, 11) is 1.70. The number of nitrogens with one attached hydrogen (secondary N) is 1. The molecule has 2 heterocycles. The summed E-state index contributed by atoms with van der Waals surface area (Å²) in [5.74, 6) is -0.0280. The van der Waals surface area contributed by atoms with Crippen molar-refractivity contribution >= 4 is 11.8 Å². The number of aromatic nitrogens is 2. The molecule has 0 aliphatic carbocycles. The van der Waals surface area contributed by atoms with Gasteiger partial charge in [0.2, 0.25) is 5.95 Å². The monoisotopic (exact) mass is 260 g/mol. The lowest BCUT2D eigenvalue weighted by Crippen LogP contribution is -2.39. The van der Waals surface area contributed by atoms with Gasteiger partial charge in [0.25, 0.3) is 0 Å². The van der Waals surface area contributed by atoms with E-state index in [0.717, 1.165) is 0 Å². The topological polar surface area (TPSA) is 41.1 Å². The molecule has 1 fully saturated rings. The molecule has 0 atom stereocenters. The molecular weight excluding hydrogens is 245 g/mol. The Balaban J connectivity index is 2.01. The Morgan fingerprint density at radius 3 is 2.56 bits per heavy atom. The van der Waals surface area contributed by atoms with E-state index in [9.17, 15) is 13.2 Å². The van der Waals surface area contributed by atoms with Crippen molar-refractivity contribution in [3.05, 3.63) is 12.3 Å². The Labute approximate surface area is 103 Å². The zero-order valence-electron chi connectivity index (χ0n) is 10.0.